The fourth-order valence-corrected chi connectivity index (χ4v) is 1.93. The lowest BCUT2D eigenvalue weighted by atomic mass is 9.82. The summed E-state index contributed by atoms with van der Waals surface area (Å²) in [5.41, 5.74) is 8.13. The van der Waals surface area contributed by atoms with Gasteiger partial charge in [0.15, 0.2) is 0 Å². The minimum atomic E-state index is 0.191. The summed E-state index contributed by atoms with van der Waals surface area (Å²) in [6, 6.07) is 12.0. The molecule has 2 rings (SSSR count). The Hall–Kier alpha value is -1.87. The average Bonchev–Trinajstić information content (AvgIpc) is 2.48. The monoisotopic (exact) mass is 270 g/mol. The van der Waals surface area contributed by atoms with Gasteiger partial charge in [-0.1, -0.05) is 32.9 Å². The molecule has 0 saturated carbocycles. The third-order valence-electron chi connectivity index (χ3n) is 3.78. The van der Waals surface area contributed by atoms with Crippen molar-refractivity contribution >= 4 is 0 Å². The molecule has 3 heteroatoms. The van der Waals surface area contributed by atoms with Crippen LogP contribution >= 0.6 is 0 Å². The first kappa shape index (κ1) is 14.5. The molecule has 0 aliphatic carbocycles. The number of rotatable bonds is 5. The standard InChI is InChI=1S/C17H22N2O/c1-4-17(2,3)14-5-7-15(8-6-14)20-16-11-13(12-18)9-10-19-16/h5-11H,4,12,18H2,1-3H3. The molecule has 0 bridgehead atoms. The van der Waals surface area contributed by atoms with E-state index in [-0.39, 0.29) is 5.41 Å². The summed E-state index contributed by atoms with van der Waals surface area (Å²) in [6.45, 7) is 7.18. The van der Waals surface area contributed by atoms with Crippen LogP contribution in [0.4, 0.5) is 0 Å². The van der Waals surface area contributed by atoms with Crippen molar-refractivity contribution in [1.82, 2.24) is 4.98 Å². The van der Waals surface area contributed by atoms with E-state index in [4.69, 9.17) is 10.5 Å². The second kappa shape index (κ2) is 6.06. The summed E-state index contributed by atoms with van der Waals surface area (Å²) < 4.78 is 5.76. The predicted octanol–water partition coefficient (Wildman–Crippen LogP) is 4.02. The number of nitrogens with zero attached hydrogens (tertiary/aromatic N) is 1. The van der Waals surface area contributed by atoms with E-state index < -0.39 is 0 Å². The number of hydrogen-bond donors (Lipinski definition) is 1. The van der Waals surface area contributed by atoms with Crippen LogP contribution in [0.25, 0.3) is 0 Å². The Kier molecular flexibility index (Phi) is 4.40. The van der Waals surface area contributed by atoms with Crippen LogP contribution in [-0.4, -0.2) is 4.98 Å². The molecule has 1 aromatic carbocycles. The number of aromatic nitrogens is 1. The Morgan fingerprint density at radius 2 is 1.85 bits per heavy atom. The summed E-state index contributed by atoms with van der Waals surface area (Å²) in [5, 5.41) is 0. The van der Waals surface area contributed by atoms with Crippen molar-refractivity contribution in [1.29, 1.82) is 0 Å². The van der Waals surface area contributed by atoms with E-state index >= 15 is 0 Å². The third-order valence-corrected chi connectivity index (χ3v) is 3.78. The summed E-state index contributed by atoms with van der Waals surface area (Å²) in [5.74, 6) is 1.37. The Labute approximate surface area is 120 Å². The molecule has 0 radical (unpaired) electrons. The van der Waals surface area contributed by atoms with Gasteiger partial charge in [0.1, 0.15) is 5.75 Å². The normalized spacial score (nSPS) is 11.4. The lowest BCUT2D eigenvalue weighted by Gasteiger charge is -2.23. The van der Waals surface area contributed by atoms with Crippen molar-refractivity contribution in [3.8, 4) is 11.6 Å². The van der Waals surface area contributed by atoms with Crippen molar-refractivity contribution in [3.63, 3.8) is 0 Å². The third kappa shape index (κ3) is 3.36. The molecule has 1 heterocycles. The quantitative estimate of drug-likeness (QED) is 0.892. The molecule has 0 unspecified atom stereocenters. The van der Waals surface area contributed by atoms with Gasteiger partial charge in [0.05, 0.1) is 0 Å². The van der Waals surface area contributed by atoms with Crippen LogP contribution in [0.15, 0.2) is 42.6 Å². The molecule has 0 fully saturated rings. The zero-order valence-corrected chi connectivity index (χ0v) is 12.4. The molecule has 0 saturated heterocycles. The molecule has 106 valence electrons. The van der Waals surface area contributed by atoms with Crippen LogP contribution in [0.1, 0.15) is 38.3 Å². The van der Waals surface area contributed by atoms with E-state index in [1.165, 1.54) is 5.56 Å². The van der Waals surface area contributed by atoms with Gasteiger partial charge < -0.3 is 10.5 Å². The lowest BCUT2D eigenvalue weighted by molar-refractivity contribution is 0.459. The van der Waals surface area contributed by atoms with Gasteiger partial charge in [-0.3, -0.25) is 0 Å². The van der Waals surface area contributed by atoms with Crippen LogP contribution in [0, 0.1) is 0 Å². The molecule has 0 aliphatic rings. The van der Waals surface area contributed by atoms with Crippen LogP contribution in [0.2, 0.25) is 0 Å². The van der Waals surface area contributed by atoms with Gasteiger partial charge in [-0.05, 0) is 41.2 Å². The highest BCUT2D eigenvalue weighted by molar-refractivity contribution is 5.34. The van der Waals surface area contributed by atoms with Crippen LogP contribution in [-0.2, 0) is 12.0 Å². The second-order valence-corrected chi connectivity index (χ2v) is 5.57. The van der Waals surface area contributed by atoms with E-state index in [1.54, 1.807) is 6.20 Å². The zero-order valence-electron chi connectivity index (χ0n) is 12.4. The Bertz CT molecular complexity index is 561. The first-order valence-electron chi connectivity index (χ1n) is 6.98. The summed E-state index contributed by atoms with van der Waals surface area (Å²) >= 11 is 0. The lowest BCUT2D eigenvalue weighted by Crippen LogP contribution is -2.14. The SMILES string of the molecule is CCC(C)(C)c1ccc(Oc2cc(CN)ccn2)cc1. The van der Waals surface area contributed by atoms with Gasteiger partial charge >= 0.3 is 0 Å². The second-order valence-electron chi connectivity index (χ2n) is 5.57. The number of pyridine rings is 1. The van der Waals surface area contributed by atoms with Crippen LogP contribution in [0.3, 0.4) is 0 Å². The highest BCUT2D eigenvalue weighted by atomic mass is 16.5. The number of benzene rings is 1. The highest BCUT2D eigenvalue weighted by Crippen LogP contribution is 2.29. The zero-order chi connectivity index (χ0) is 14.6. The molecule has 20 heavy (non-hydrogen) atoms. The van der Waals surface area contributed by atoms with E-state index in [2.05, 4.69) is 37.9 Å². The van der Waals surface area contributed by atoms with Crippen molar-refractivity contribution in [2.45, 2.75) is 39.2 Å². The summed E-state index contributed by atoms with van der Waals surface area (Å²) in [6.07, 6.45) is 2.82. The van der Waals surface area contributed by atoms with Crippen LogP contribution < -0.4 is 10.5 Å². The van der Waals surface area contributed by atoms with Crippen molar-refractivity contribution in [2.24, 2.45) is 5.73 Å². The molecule has 0 amide bonds. The minimum Gasteiger partial charge on any atom is -0.439 e. The smallest absolute Gasteiger partial charge is 0.219 e. The predicted molar refractivity (Wildman–Crippen MR) is 82.0 cm³/mol. The number of ether oxygens (including phenoxy) is 1. The maximum Gasteiger partial charge on any atom is 0.219 e. The molecule has 2 N–H and O–H groups in total. The number of hydrogen-bond acceptors (Lipinski definition) is 3. The molecule has 2 aromatic rings. The fourth-order valence-electron chi connectivity index (χ4n) is 1.93. The van der Waals surface area contributed by atoms with Gasteiger partial charge in [-0.15, -0.1) is 0 Å². The molecule has 3 nitrogen and oxygen atoms in total. The number of nitrogens with two attached hydrogens (primary N) is 1. The maximum atomic E-state index is 5.76. The van der Waals surface area contributed by atoms with Gasteiger partial charge in [-0.25, -0.2) is 4.98 Å². The molecule has 1 aromatic heterocycles. The Balaban J connectivity index is 2.14. The molecular weight excluding hydrogens is 248 g/mol. The summed E-state index contributed by atoms with van der Waals surface area (Å²) in [4.78, 5) is 4.19. The van der Waals surface area contributed by atoms with Crippen LogP contribution in [0.5, 0.6) is 11.6 Å². The Morgan fingerprint density at radius 3 is 2.45 bits per heavy atom. The first-order valence-corrected chi connectivity index (χ1v) is 6.98. The van der Waals surface area contributed by atoms with E-state index in [0.717, 1.165) is 17.7 Å². The average molecular weight is 270 g/mol. The fraction of sp³-hybridized carbons (Fsp3) is 0.353. The minimum absolute atomic E-state index is 0.191. The molecule has 0 atom stereocenters. The van der Waals surface area contributed by atoms with Gasteiger partial charge in [0.2, 0.25) is 5.88 Å². The molecule has 0 spiro atoms. The van der Waals surface area contributed by atoms with Gasteiger partial charge in [0.25, 0.3) is 0 Å². The maximum absolute atomic E-state index is 5.76. The molecular formula is C17H22N2O. The van der Waals surface area contributed by atoms with Gasteiger partial charge in [0, 0.05) is 18.8 Å². The Morgan fingerprint density at radius 1 is 1.15 bits per heavy atom. The van der Waals surface area contributed by atoms with Crippen molar-refractivity contribution in [3.05, 3.63) is 53.7 Å². The highest BCUT2D eigenvalue weighted by Gasteiger charge is 2.17. The van der Waals surface area contributed by atoms with E-state index in [9.17, 15) is 0 Å². The first-order chi connectivity index (χ1) is 9.55. The van der Waals surface area contributed by atoms with E-state index in [0.29, 0.717) is 12.4 Å². The van der Waals surface area contributed by atoms with Crippen molar-refractivity contribution in [2.75, 3.05) is 0 Å². The largest absolute Gasteiger partial charge is 0.439 e. The summed E-state index contributed by atoms with van der Waals surface area (Å²) in [7, 11) is 0. The van der Waals surface area contributed by atoms with Crippen molar-refractivity contribution < 1.29 is 4.74 Å². The van der Waals surface area contributed by atoms with E-state index in [1.807, 2.05) is 24.3 Å². The molecule has 0 aliphatic heterocycles. The van der Waals surface area contributed by atoms with Gasteiger partial charge in [-0.2, -0.15) is 0 Å². The topological polar surface area (TPSA) is 48.1 Å².